The Labute approximate surface area is 109 Å². The fourth-order valence-corrected chi connectivity index (χ4v) is 2.49. The van der Waals surface area contributed by atoms with Gasteiger partial charge >= 0.3 is 5.97 Å². The molecular formula is C10H12ClNO5S. The number of aliphatic hydroxyl groups excluding tert-OH is 1. The van der Waals surface area contributed by atoms with E-state index in [1.807, 2.05) is 0 Å². The van der Waals surface area contributed by atoms with Gasteiger partial charge in [0.15, 0.2) is 0 Å². The molecule has 3 N–H and O–H groups in total. The molecule has 1 rings (SSSR count). The second-order valence-electron chi connectivity index (χ2n) is 3.65. The zero-order valence-electron chi connectivity index (χ0n) is 9.42. The van der Waals surface area contributed by atoms with Crippen LogP contribution < -0.4 is 4.72 Å². The summed E-state index contributed by atoms with van der Waals surface area (Å²) in [4.78, 5) is 10.6. The second kappa shape index (κ2) is 5.66. The minimum atomic E-state index is -3.86. The third-order valence-corrected chi connectivity index (χ3v) is 3.80. The van der Waals surface area contributed by atoms with Crippen LogP contribution in [0.2, 0.25) is 5.02 Å². The number of sulfonamides is 1. The van der Waals surface area contributed by atoms with Gasteiger partial charge in [-0.05, 0) is 25.1 Å². The van der Waals surface area contributed by atoms with Gasteiger partial charge in [0.1, 0.15) is 0 Å². The maximum absolute atomic E-state index is 11.8. The van der Waals surface area contributed by atoms with E-state index in [1.165, 1.54) is 19.1 Å². The Bertz CT molecular complexity index is 555. The van der Waals surface area contributed by atoms with Gasteiger partial charge in [0, 0.05) is 6.54 Å². The summed E-state index contributed by atoms with van der Waals surface area (Å²) in [6, 6.07) is 3.36. The zero-order valence-corrected chi connectivity index (χ0v) is 11.0. The zero-order chi connectivity index (χ0) is 13.9. The van der Waals surface area contributed by atoms with Gasteiger partial charge in [0.2, 0.25) is 10.0 Å². The van der Waals surface area contributed by atoms with Crippen LogP contribution >= 0.6 is 11.6 Å². The van der Waals surface area contributed by atoms with Gasteiger partial charge in [-0.25, -0.2) is 17.9 Å². The summed E-state index contributed by atoms with van der Waals surface area (Å²) in [5, 5.41) is 17.8. The van der Waals surface area contributed by atoms with Crippen molar-refractivity contribution < 1.29 is 23.4 Å². The average molecular weight is 294 g/mol. The van der Waals surface area contributed by atoms with Crippen molar-refractivity contribution in [2.75, 3.05) is 6.54 Å². The molecule has 0 saturated carbocycles. The van der Waals surface area contributed by atoms with Gasteiger partial charge in [-0.1, -0.05) is 11.6 Å². The van der Waals surface area contributed by atoms with Gasteiger partial charge in [-0.15, -0.1) is 0 Å². The largest absolute Gasteiger partial charge is 0.478 e. The van der Waals surface area contributed by atoms with E-state index in [0.29, 0.717) is 0 Å². The molecule has 0 aliphatic heterocycles. The molecule has 0 bridgehead atoms. The quantitative estimate of drug-likeness (QED) is 0.741. The van der Waals surface area contributed by atoms with E-state index in [1.54, 1.807) is 0 Å². The summed E-state index contributed by atoms with van der Waals surface area (Å²) in [6.07, 6.45) is -0.842. The number of carbonyl (C=O) groups is 1. The molecule has 0 spiro atoms. The molecule has 100 valence electrons. The predicted molar refractivity (Wildman–Crippen MR) is 65.3 cm³/mol. The van der Waals surface area contributed by atoms with Crippen molar-refractivity contribution in [3.63, 3.8) is 0 Å². The Morgan fingerprint density at radius 2 is 2.11 bits per heavy atom. The van der Waals surface area contributed by atoms with Crippen LogP contribution in [0.15, 0.2) is 23.1 Å². The number of carboxylic acids is 1. The molecule has 0 aromatic heterocycles. The molecule has 1 aromatic carbocycles. The highest BCUT2D eigenvalue weighted by molar-refractivity contribution is 7.89. The van der Waals surface area contributed by atoms with E-state index in [2.05, 4.69) is 4.72 Å². The molecule has 0 aliphatic carbocycles. The van der Waals surface area contributed by atoms with Crippen LogP contribution in [0.1, 0.15) is 17.3 Å². The van der Waals surface area contributed by atoms with Crippen LogP contribution in [0.4, 0.5) is 0 Å². The van der Waals surface area contributed by atoms with Crippen molar-refractivity contribution in [1.29, 1.82) is 0 Å². The average Bonchev–Trinajstić information content (AvgIpc) is 2.26. The fourth-order valence-electron chi connectivity index (χ4n) is 1.15. The molecule has 0 saturated heterocycles. The van der Waals surface area contributed by atoms with E-state index in [4.69, 9.17) is 21.8 Å². The molecule has 0 radical (unpaired) electrons. The second-order valence-corrected chi connectivity index (χ2v) is 5.82. The number of benzene rings is 1. The third-order valence-electron chi connectivity index (χ3n) is 2.05. The monoisotopic (exact) mass is 293 g/mol. The summed E-state index contributed by atoms with van der Waals surface area (Å²) in [5.41, 5.74) is -0.295. The van der Waals surface area contributed by atoms with Crippen LogP contribution in [-0.4, -0.2) is 37.2 Å². The molecular weight excluding hydrogens is 282 g/mol. The Kier molecular flexibility index (Phi) is 4.69. The SMILES string of the molecule is C[C@@H](O)CNS(=O)(=O)c1ccc(Cl)c(C(=O)O)c1. The Balaban J connectivity index is 3.10. The van der Waals surface area contributed by atoms with Crippen LogP contribution in [0, 0.1) is 0 Å². The fraction of sp³-hybridized carbons (Fsp3) is 0.300. The number of carboxylic acid groups (broad SMARTS) is 1. The predicted octanol–water partition coefficient (Wildman–Crippen LogP) is 0.697. The standard InChI is InChI=1S/C10H12ClNO5S/c1-6(13)5-12-18(16,17)7-2-3-9(11)8(4-7)10(14)15/h2-4,6,12-13H,5H2,1H3,(H,14,15)/t6-/m1/s1. The molecule has 18 heavy (non-hydrogen) atoms. The van der Waals surface area contributed by atoms with Crippen molar-refractivity contribution in [3.05, 3.63) is 28.8 Å². The summed E-state index contributed by atoms with van der Waals surface area (Å²) in [6.45, 7) is 1.26. The van der Waals surface area contributed by atoms with E-state index in [9.17, 15) is 13.2 Å². The van der Waals surface area contributed by atoms with E-state index < -0.39 is 22.1 Å². The van der Waals surface area contributed by atoms with Crippen LogP contribution in [0.3, 0.4) is 0 Å². The number of hydrogen-bond acceptors (Lipinski definition) is 4. The van der Waals surface area contributed by atoms with Crippen molar-refractivity contribution in [1.82, 2.24) is 4.72 Å². The summed E-state index contributed by atoms with van der Waals surface area (Å²) < 4.78 is 25.7. The number of hydrogen-bond donors (Lipinski definition) is 3. The maximum atomic E-state index is 11.8. The van der Waals surface area contributed by atoms with Gasteiger partial charge in [0.25, 0.3) is 0 Å². The minimum absolute atomic E-state index is 0.0445. The van der Waals surface area contributed by atoms with E-state index >= 15 is 0 Å². The Hall–Kier alpha value is -1.15. The van der Waals surface area contributed by atoms with Crippen molar-refractivity contribution in [2.45, 2.75) is 17.9 Å². The molecule has 1 aromatic rings. The molecule has 6 nitrogen and oxygen atoms in total. The third kappa shape index (κ3) is 3.67. The van der Waals surface area contributed by atoms with E-state index in [-0.39, 0.29) is 22.0 Å². The molecule has 0 heterocycles. The molecule has 0 unspecified atom stereocenters. The van der Waals surface area contributed by atoms with Crippen molar-refractivity contribution in [2.24, 2.45) is 0 Å². The lowest BCUT2D eigenvalue weighted by atomic mass is 10.2. The first-order chi connectivity index (χ1) is 8.24. The molecule has 0 amide bonds. The Morgan fingerprint density at radius 1 is 1.50 bits per heavy atom. The lowest BCUT2D eigenvalue weighted by molar-refractivity contribution is 0.0697. The number of nitrogens with one attached hydrogen (secondary N) is 1. The van der Waals surface area contributed by atoms with E-state index in [0.717, 1.165) is 6.07 Å². The highest BCUT2D eigenvalue weighted by Gasteiger charge is 2.18. The smallest absolute Gasteiger partial charge is 0.337 e. The number of rotatable bonds is 5. The van der Waals surface area contributed by atoms with Crippen LogP contribution in [0.5, 0.6) is 0 Å². The normalized spacial score (nSPS) is 13.3. The highest BCUT2D eigenvalue weighted by atomic mass is 35.5. The van der Waals surface area contributed by atoms with Crippen LogP contribution in [-0.2, 0) is 10.0 Å². The molecule has 8 heteroatoms. The topological polar surface area (TPSA) is 104 Å². The first kappa shape index (κ1) is 14.9. The summed E-state index contributed by atoms with van der Waals surface area (Å²) in [5.74, 6) is -1.31. The minimum Gasteiger partial charge on any atom is -0.478 e. The number of halogens is 1. The van der Waals surface area contributed by atoms with Gasteiger partial charge in [-0.2, -0.15) is 0 Å². The number of aromatic carboxylic acids is 1. The first-order valence-corrected chi connectivity index (χ1v) is 6.80. The van der Waals surface area contributed by atoms with Gasteiger partial charge in [0.05, 0.1) is 21.6 Å². The lowest BCUT2D eigenvalue weighted by Crippen LogP contribution is -2.30. The molecule has 1 atom stereocenters. The maximum Gasteiger partial charge on any atom is 0.337 e. The lowest BCUT2D eigenvalue weighted by Gasteiger charge is -2.09. The van der Waals surface area contributed by atoms with Gasteiger partial charge in [-0.3, -0.25) is 0 Å². The number of aliphatic hydroxyl groups is 1. The first-order valence-electron chi connectivity index (χ1n) is 4.94. The summed E-state index contributed by atoms with van der Waals surface area (Å²) in [7, 11) is -3.86. The van der Waals surface area contributed by atoms with Crippen molar-refractivity contribution >= 4 is 27.6 Å². The van der Waals surface area contributed by atoms with Gasteiger partial charge < -0.3 is 10.2 Å². The summed E-state index contributed by atoms with van der Waals surface area (Å²) >= 11 is 5.63. The molecule has 0 fully saturated rings. The highest BCUT2D eigenvalue weighted by Crippen LogP contribution is 2.20. The van der Waals surface area contributed by atoms with Crippen molar-refractivity contribution in [3.8, 4) is 0 Å². The molecule has 0 aliphatic rings. The Morgan fingerprint density at radius 3 is 2.61 bits per heavy atom. The van der Waals surface area contributed by atoms with Crippen LogP contribution in [0.25, 0.3) is 0 Å².